The van der Waals surface area contributed by atoms with Gasteiger partial charge >= 0.3 is 0 Å². The van der Waals surface area contributed by atoms with Crippen molar-refractivity contribution in [2.75, 3.05) is 0 Å². The summed E-state index contributed by atoms with van der Waals surface area (Å²) in [7, 11) is 0. The molecule has 11 rings (SSSR count). The number of furan rings is 1. The third kappa shape index (κ3) is 5.39. The van der Waals surface area contributed by atoms with Crippen LogP contribution in [0.4, 0.5) is 0 Å². The van der Waals surface area contributed by atoms with Crippen LogP contribution in [0.3, 0.4) is 0 Å². The van der Waals surface area contributed by atoms with Gasteiger partial charge in [-0.2, -0.15) is 0 Å². The van der Waals surface area contributed by atoms with Gasteiger partial charge in [0.1, 0.15) is 11.2 Å². The number of fused-ring (bicyclic) bond motifs is 6. The molecule has 0 spiro atoms. The minimum atomic E-state index is 0.699. The zero-order valence-electron chi connectivity index (χ0n) is 30.3. The normalized spacial score (nSPS) is 11.6. The fraction of sp³-hybridized carbons (Fsp3) is 0. The van der Waals surface area contributed by atoms with Crippen molar-refractivity contribution < 1.29 is 4.42 Å². The Morgan fingerprint density at radius 2 is 0.929 bits per heavy atom. The fourth-order valence-corrected chi connectivity index (χ4v) is 8.16. The molecular weight excluding hydrogens is 683 g/mol. The average Bonchev–Trinajstić information content (AvgIpc) is 3.83. The molecule has 0 amide bonds. The molecular formula is C52H33N3O. The maximum absolute atomic E-state index is 6.20. The van der Waals surface area contributed by atoms with E-state index in [9.17, 15) is 0 Å². The molecule has 0 aliphatic carbocycles. The summed E-state index contributed by atoms with van der Waals surface area (Å²) in [4.78, 5) is 10.2. The van der Waals surface area contributed by atoms with E-state index >= 15 is 0 Å². The SMILES string of the molecule is c1ccc(-c2cc(-c3ccccc3)nc(-c3cccc(-c4ccc5c(c4)c4ccccc4n5-c4ccc(-c5cccc6oc7ccccc7c56)cc4)c3)n2)cc1. The predicted octanol–water partition coefficient (Wildman–Crippen LogP) is 13.8. The Bertz CT molecular complexity index is 3170. The molecule has 0 unspecified atom stereocenters. The van der Waals surface area contributed by atoms with E-state index in [0.29, 0.717) is 5.82 Å². The fourth-order valence-electron chi connectivity index (χ4n) is 8.16. The average molecular weight is 716 g/mol. The summed E-state index contributed by atoms with van der Waals surface area (Å²) in [5, 5.41) is 4.70. The van der Waals surface area contributed by atoms with E-state index in [4.69, 9.17) is 14.4 Å². The van der Waals surface area contributed by atoms with Gasteiger partial charge in [0.25, 0.3) is 0 Å². The molecule has 0 bridgehead atoms. The van der Waals surface area contributed by atoms with Crippen LogP contribution in [0.15, 0.2) is 205 Å². The van der Waals surface area contributed by atoms with E-state index in [2.05, 4.69) is 156 Å². The quantitative estimate of drug-likeness (QED) is 0.172. The van der Waals surface area contributed by atoms with Crippen molar-refractivity contribution in [2.45, 2.75) is 0 Å². The molecule has 0 saturated heterocycles. The lowest BCUT2D eigenvalue weighted by Crippen LogP contribution is -1.96. The number of aromatic nitrogens is 3. The van der Waals surface area contributed by atoms with Crippen molar-refractivity contribution in [3.63, 3.8) is 0 Å². The summed E-state index contributed by atoms with van der Waals surface area (Å²) in [6, 6.07) is 70.3. The second-order valence-corrected chi connectivity index (χ2v) is 14.2. The van der Waals surface area contributed by atoms with Gasteiger partial charge in [-0.3, -0.25) is 0 Å². The topological polar surface area (TPSA) is 43.9 Å². The maximum atomic E-state index is 6.20. The van der Waals surface area contributed by atoms with Crippen LogP contribution >= 0.6 is 0 Å². The molecule has 0 atom stereocenters. The summed E-state index contributed by atoms with van der Waals surface area (Å²) >= 11 is 0. The number of rotatable bonds is 6. The van der Waals surface area contributed by atoms with Crippen LogP contribution in [-0.4, -0.2) is 14.5 Å². The first-order chi connectivity index (χ1) is 27.7. The van der Waals surface area contributed by atoms with Crippen molar-refractivity contribution in [2.24, 2.45) is 0 Å². The van der Waals surface area contributed by atoms with Crippen LogP contribution < -0.4 is 0 Å². The van der Waals surface area contributed by atoms with Gasteiger partial charge in [0.05, 0.1) is 22.4 Å². The number of para-hydroxylation sites is 2. The minimum absolute atomic E-state index is 0.699. The smallest absolute Gasteiger partial charge is 0.160 e. The van der Waals surface area contributed by atoms with Gasteiger partial charge in [-0.1, -0.05) is 146 Å². The Hall–Kier alpha value is -7.56. The third-order valence-electron chi connectivity index (χ3n) is 10.8. The Balaban J connectivity index is 0.995. The van der Waals surface area contributed by atoms with Gasteiger partial charge in [0, 0.05) is 43.9 Å². The van der Waals surface area contributed by atoms with E-state index < -0.39 is 0 Å². The lowest BCUT2D eigenvalue weighted by Gasteiger charge is -2.11. The maximum Gasteiger partial charge on any atom is 0.160 e. The molecule has 4 nitrogen and oxygen atoms in total. The van der Waals surface area contributed by atoms with Crippen molar-refractivity contribution in [1.82, 2.24) is 14.5 Å². The summed E-state index contributed by atoms with van der Waals surface area (Å²) in [6.07, 6.45) is 0. The number of nitrogens with zero attached hydrogens (tertiary/aromatic N) is 3. The Kier molecular flexibility index (Phi) is 7.46. The summed E-state index contributed by atoms with van der Waals surface area (Å²) < 4.78 is 8.57. The molecule has 8 aromatic carbocycles. The zero-order valence-corrected chi connectivity index (χ0v) is 30.3. The van der Waals surface area contributed by atoms with E-state index in [1.165, 1.54) is 21.9 Å². The van der Waals surface area contributed by atoms with Gasteiger partial charge in [-0.15, -0.1) is 0 Å². The molecule has 0 saturated carbocycles. The minimum Gasteiger partial charge on any atom is -0.456 e. The largest absolute Gasteiger partial charge is 0.456 e. The van der Waals surface area contributed by atoms with Gasteiger partial charge in [0.2, 0.25) is 0 Å². The molecule has 4 heteroatoms. The first-order valence-corrected chi connectivity index (χ1v) is 18.9. The van der Waals surface area contributed by atoms with Crippen LogP contribution in [0.1, 0.15) is 0 Å². The highest BCUT2D eigenvalue weighted by Crippen LogP contribution is 2.39. The zero-order chi connectivity index (χ0) is 37.0. The second kappa shape index (κ2) is 13.1. The van der Waals surface area contributed by atoms with E-state index in [1.54, 1.807) is 0 Å². The lowest BCUT2D eigenvalue weighted by molar-refractivity contribution is 0.669. The molecule has 11 aromatic rings. The van der Waals surface area contributed by atoms with Gasteiger partial charge in [-0.05, 0) is 76.9 Å². The molecule has 0 aliphatic rings. The Morgan fingerprint density at radius 3 is 1.70 bits per heavy atom. The molecule has 3 heterocycles. The molecule has 0 radical (unpaired) electrons. The van der Waals surface area contributed by atoms with Gasteiger partial charge in [-0.25, -0.2) is 9.97 Å². The van der Waals surface area contributed by atoms with Gasteiger partial charge in [0.15, 0.2) is 5.82 Å². The highest BCUT2D eigenvalue weighted by Gasteiger charge is 2.17. The lowest BCUT2D eigenvalue weighted by atomic mass is 9.99. The van der Waals surface area contributed by atoms with Crippen LogP contribution in [0.25, 0.3) is 106 Å². The summed E-state index contributed by atoms with van der Waals surface area (Å²) in [5.74, 6) is 0.699. The Labute approximate surface area is 323 Å². The molecule has 262 valence electrons. The molecule has 56 heavy (non-hydrogen) atoms. The van der Waals surface area contributed by atoms with Crippen LogP contribution in [-0.2, 0) is 0 Å². The molecule has 0 fully saturated rings. The second-order valence-electron chi connectivity index (χ2n) is 14.2. The van der Waals surface area contributed by atoms with Crippen molar-refractivity contribution in [3.8, 4) is 61.8 Å². The highest BCUT2D eigenvalue weighted by atomic mass is 16.3. The number of benzene rings is 8. The van der Waals surface area contributed by atoms with E-state index in [1.807, 2.05) is 48.5 Å². The number of hydrogen-bond acceptors (Lipinski definition) is 3. The standard InChI is InChI=1S/C52H33N3O/c1-3-13-35(14-4-1)45-33-46(36-15-5-2-6-16-36)54-52(53-45)39-18-11-17-37(31-39)38-27-30-48-44(32-38)42-19-7-9-22-47(42)55(48)40-28-25-34(26-29-40)41-21-12-24-50-51(41)43-20-8-10-23-49(43)56-50/h1-33H. The van der Waals surface area contributed by atoms with Gasteiger partial charge < -0.3 is 8.98 Å². The van der Waals surface area contributed by atoms with E-state index in [-0.39, 0.29) is 0 Å². The highest BCUT2D eigenvalue weighted by molar-refractivity contribution is 6.13. The molecule has 0 aliphatic heterocycles. The first-order valence-electron chi connectivity index (χ1n) is 18.9. The van der Waals surface area contributed by atoms with E-state index in [0.717, 1.165) is 77.9 Å². The van der Waals surface area contributed by atoms with Crippen LogP contribution in [0.2, 0.25) is 0 Å². The Morgan fingerprint density at radius 1 is 0.357 bits per heavy atom. The summed E-state index contributed by atoms with van der Waals surface area (Å²) in [5.41, 5.74) is 14.7. The number of hydrogen-bond donors (Lipinski definition) is 0. The first kappa shape index (κ1) is 31.9. The van der Waals surface area contributed by atoms with Crippen molar-refractivity contribution in [3.05, 3.63) is 200 Å². The molecule has 3 aromatic heterocycles. The monoisotopic (exact) mass is 715 g/mol. The predicted molar refractivity (Wildman–Crippen MR) is 231 cm³/mol. The summed E-state index contributed by atoms with van der Waals surface area (Å²) in [6.45, 7) is 0. The van der Waals surface area contributed by atoms with Crippen molar-refractivity contribution >= 4 is 43.7 Å². The molecule has 0 N–H and O–H groups in total. The van der Waals surface area contributed by atoms with Crippen LogP contribution in [0.5, 0.6) is 0 Å². The third-order valence-corrected chi connectivity index (χ3v) is 10.8. The van der Waals surface area contributed by atoms with Crippen LogP contribution in [0, 0.1) is 0 Å². The van der Waals surface area contributed by atoms with Crippen molar-refractivity contribution in [1.29, 1.82) is 0 Å².